The van der Waals surface area contributed by atoms with Crippen molar-refractivity contribution in [3.63, 3.8) is 0 Å². The molecule has 2 aromatic rings. The molecule has 0 spiro atoms. The highest BCUT2D eigenvalue weighted by atomic mass is 79.9. The molecule has 0 bridgehead atoms. The summed E-state index contributed by atoms with van der Waals surface area (Å²) in [6.07, 6.45) is 3.29. The fourth-order valence-electron chi connectivity index (χ4n) is 1.63. The number of hydrogen-bond acceptors (Lipinski definition) is 3. The van der Waals surface area contributed by atoms with Gasteiger partial charge in [0.2, 0.25) is 0 Å². The molecule has 0 aliphatic carbocycles. The SMILES string of the molecule is CCCc1nc(-c2occc2C)[nH]c(=O)c1Br. The van der Waals surface area contributed by atoms with Gasteiger partial charge < -0.3 is 9.40 Å². The molecule has 0 aliphatic rings. The fraction of sp³-hybridized carbons (Fsp3) is 0.333. The van der Waals surface area contributed by atoms with Crippen molar-refractivity contribution < 1.29 is 4.42 Å². The monoisotopic (exact) mass is 296 g/mol. The number of aromatic amines is 1. The minimum absolute atomic E-state index is 0.172. The van der Waals surface area contributed by atoms with Gasteiger partial charge in [0.15, 0.2) is 11.6 Å². The zero-order chi connectivity index (χ0) is 12.4. The standard InChI is InChI=1S/C12H13BrN2O2/c1-3-4-8-9(13)12(16)15-11(14-8)10-7(2)5-6-17-10/h5-6H,3-4H2,1-2H3,(H,14,15,16). The zero-order valence-electron chi connectivity index (χ0n) is 9.71. The average molecular weight is 297 g/mol. The van der Waals surface area contributed by atoms with Crippen molar-refractivity contribution in [3.05, 3.63) is 38.4 Å². The Kier molecular flexibility index (Phi) is 3.47. The van der Waals surface area contributed by atoms with Crippen molar-refractivity contribution in [1.82, 2.24) is 9.97 Å². The molecule has 0 aromatic carbocycles. The predicted octanol–water partition coefficient (Wildman–Crippen LogP) is 3.05. The van der Waals surface area contributed by atoms with E-state index in [2.05, 4.69) is 25.9 Å². The highest BCUT2D eigenvalue weighted by Crippen LogP contribution is 2.21. The minimum Gasteiger partial charge on any atom is -0.461 e. The van der Waals surface area contributed by atoms with Crippen molar-refractivity contribution in [2.45, 2.75) is 26.7 Å². The lowest BCUT2D eigenvalue weighted by Crippen LogP contribution is -2.13. The first-order valence-corrected chi connectivity index (χ1v) is 6.26. The van der Waals surface area contributed by atoms with E-state index in [4.69, 9.17) is 4.42 Å². The highest BCUT2D eigenvalue weighted by molar-refractivity contribution is 9.10. The number of furan rings is 1. The maximum absolute atomic E-state index is 11.8. The van der Waals surface area contributed by atoms with Crippen LogP contribution in [-0.4, -0.2) is 9.97 Å². The number of aryl methyl sites for hydroxylation is 2. The van der Waals surface area contributed by atoms with E-state index in [1.807, 2.05) is 19.9 Å². The normalized spacial score (nSPS) is 10.8. The first kappa shape index (κ1) is 12.1. The Morgan fingerprint density at radius 3 is 2.88 bits per heavy atom. The van der Waals surface area contributed by atoms with Crippen molar-refractivity contribution >= 4 is 15.9 Å². The van der Waals surface area contributed by atoms with Crippen molar-refractivity contribution in [2.75, 3.05) is 0 Å². The molecule has 0 aliphatic heterocycles. The maximum Gasteiger partial charge on any atom is 0.265 e. The molecule has 0 unspecified atom stereocenters. The van der Waals surface area contributed by atoms with E-state index in [0.717, 1.165) is 24.1 Å². The second kappa shape index (κ2) is 4.87. The summed E-state index contributed by atoms with van der Waals surface area (Å²) < 4.78 is 5.84. The van der Waals surface area contributed by atoms with Crippen molar-refractivity contribution in [1.29, 1.82) is 0 Å². The Bertz CT molecular complexity index is 586. The number of aromatic nitrogens is 2. The van der Waals surface area contributed by atoms with Gasteiger partial charge in [-0.15, -0.1) is 0 Å². The van der Waals surface area contributed by atoms with Crippen LogP contribution in [0.2, 0.25) is 0 Å². The van der Waals surface area contributed by atoms with Crippen LogP contribution in [0.3, 0.4) is 0 Å². The maximum atomic E-state index is 11.8. The molecular formula is C12H13BrN2O2. The Morgan fingerprint density at radius 1 is 1.53 bits per heavy atom. The summed E-state index contributed by atoms with van der Waals surface area (Å²) in [5, 5.41) is 0. The van der Waals surface area contributed by atoms with Crippen LogP contribution in [0, 0.1) is 6.92 Å². The topological polar surface area (TPSA) is 58.9 Å². The van der Waals surface area contributed by atoms with Gasteiger partial charge in [0.1, 0.15) is 4.47 Å². The van der Waals surface area contributed by atoms with Gasteiger partial charge in [-0.05, 0) is 40.9 Å². The van der Waals surface area contributed by atoms with Gasteiger partial charge in [0.05, 0.1) is 12.0 Å². The first-order valence-electron chi connectivity index (χ1n) is 5.46. The smallest absolute Gasteiger partial charge is 0.265 e. The van der Waals surface area contributed by atoms with E-state index in [0.29, 0.717) is 16.1 Å². The molecule has 0 saturated heterocycles. The molecule has 5 heteroatoms. The fourth-order valence-corrected chi connectivity index (χ4v) is 2.02. The summed E-state index contributed by atoms with van der Waals surface area (Å²) in [6.45, 7) is 3.97. The molecule has 2 heterocycles. The number of H-pyrrole nitrogens is 1. The largest absolute Gasteiger partial charge is 0.461 e. The Balaban J connectivity index is 2.57. The third kappa shape index (κ3) is 2.34. The predicted molar refractivity (Wildman–Crippen MR) is 69.0 cm³/mol. The number of rotatable bonds is 3. The lowest BCUT2D eigenvalue weighted by molar-refractivity contribution is 0.574. The van der Waals surface area contributed by atoms with Crippen LogP contribution in [-0.2, 0) is 6.42 Å². The lowest BCUT2D eigenvalue weighted by Gasteiger charge is -2.04. The Morgan fingerprint density at radius 2 is 2.29 bits per heavy atom. The highest BCUT2D eigenvalue weighted by Gasteiger charge is 2.13. The zero-order valence-corrected chi connectivity index (χ0v) is 11.3. The molecule has 0 amide bonds. The average Bonchev–Trinajstić information content (AvgIpc) is 2.71. The van der Waals surface area contributed by atoms with Gasteiger partial charge in [-0.2, -0.15) is 0 Å². The van der Waals surface area contributed by atoms with Crippen molar-refractivity contribution in [2.24, 2.45) is 0 Å². The number of hydrogen-bond donors (Lipinski definition) is 1. The van der Waals surface area contributed by atoms with Gasteiger partial charge in [0, 0.05) is 0 Å². The third-order valence-electron chi connectivity index (χ3n) is 2.50. The molecule has 0 atom stereocenters. The lowest BCUT2D eigenvalue weighted by atomic mass is 10.2. The molecule has 4 nitrogen and oxygen atoms in total. The second-order valence-electron chi connectivity index (χ2n) is 3.86. The second-order valence-corrected chi connectivity index (χ2v) is 4.65. The van der Waals surface area contributed by atoms with Gasteiger partial charge in [-0.3, -0.25) is 4.79 Å². The van der Waals surface area contributed by atoms with Crippen LogP contribution in [0.15, 0.2) is 26.0 Å². The van der Waals surface area contributed by atoms with Crippen LogP contribution in [0.1, 0.15) is 24.6 Å². The van der Waals surface area contributed by atoms with Crippen LogP contribution >= 0.6 is 15.9 Å². The molecule has 1 N–H and O–H groups in total. The molecule has 2 rings (SSSR count). The molecule has 0 saturated carbocycles. The van der Waals surface area contributed by atoms with Gasteiger partial charge >= 0.3 is 0 Å². The van der Waals surface area contributed by atoms with Crippen molar-refractivity contribution in [3.8, 4) is 11.6 Å². The molecular weight excluding hydrogens is 284 g/mol. The van der Waals surface area contributed by atoms with E-state index < -0.39 is 0 Å². The van der Waals surface area contributed by atoms with Crippen LogP contribution in [0.25, 0.3) is 11.6 Å². The van der Waals surface area contributed by atoms with E-state index in [9.17, 15) is 4.79 Å². The summed E-state index contributed by atoms with van der Waals surface area (Å²) in [5.74, 6) is 1.11. The molecule has 90 valence electrons. The van der Waals surface area contributed by atoms with E-state index in [1.54, 1.807) is 6.26 Å². The molecule has 0 fully saturated rings. The van der Waals surface area contributed by atoms with Gasteiger partial charge in [0.25, 0.3) is 5.56 Å². The first-order chi connectivity index (χ1) is 8.13. The molecule has 2 aromatic heterocycles. The van der Waals surface area contributed by atoms with E-state index in [-0.39, 0.29) is 5.56 Å². The Labute approximate surface area is 107 Å². The molecule has 17 heavy (non-hydrogen) atoms. The van der Waals surface area contributed by atoms with Crippen LogP contribution in [0.4, 0.5) is 0 Å². The van der Waals surface area contributed by atoms with E-state index >= 15 is 0 Å². The number of halogens is 1. The number of nitrogens with zero attached hydrogens (tertiary/aromatic N) is 1. The molecule has 0 radical (unpaired) electrons. The third-order valence-corrected chi connectivity index (χ3v) is 3.31. The van der Waals surface area contributed by atoms with Gasteiger partial charge in [-0.25, -0.2) is 4.98 Å². The quantitative estimate of drug-likeness (QED) is 0.947. The summed E-state index contributed by atoms with van der Waals surface area (Å²) >= 11 is 3.26. The minimum atomic E-state index is -0.172. The van der Waals surface area contributed by atoms with Gasteiger partial charge in [-0.1, -0.05) is 13.3 Å². The summed E-state index contributed by atoms with van der Waals surface area (Å²) in [6, 6.07) is 1.84. The number of nitrogens with one attached hydrogen (secondary N) is 1. The summed E-state index contributed by atoms with van der Waals surface area (Å²) in [5.41, 5.74) is 1.55. The van der Waals surface area contributed by atoms with Crippen LogP contribution in [0.5, 0.6) is 0 Å². The Hall–Kier alpha value is -1.36. The summed E-state index contributed by atoms with van der Waals surface area (Å²) in [4.78, 5) is 18.9. The summed E-state index contributed by atoms with van der Waals surface area (Å²) in [7, 11) is 0. The van der Waals surface area contributed by atoms with E-state index in [1.165, 1.54) is 0 Å². The van der Waals surface area contributed by atoms with Crippen LogP contribution < -0.4 is 5.56 Å².